The molecule has 0 fully saturated rings. The summed E-state index contributed by atoms with van der Waals surface area (Å²) in [6.45, 7) is 3.07. The minimum atomic E-state index is 0.926. The van der Waals surface area contributed by atoms with Gasteiger partial charge in [-0.05, 0) is 43.2 Å². The Labute approximate surface area is 137 Å². The fourth-order valence-electron chi connectivity index (χ4n) is 3.13. The molecule has 0 amide bonds. The molecule has 2 nitrogen and oxygen atoms in total. The smallest absolute Gasteiger partial charge is 0.151 e. The summed E-state index contributed by atoms with van der Waals surface area (Å²) in [5, 5.41) is 0. The van der Waals surface area contributed by atoms with Gasteiger partial charge in [-0.25, -0.2) is 0 Å². The van der Waals surface area contributed by atoms with Crippen LogP contribution in [0.3, 0.4) is 0 Å². The van der Waals surface area contributed by atoms with Crippen molar-refractivity contribution >= 4 is 11.4 Å². The number of benzene rings is 3. The molecular weight excluding hydrogens is 282 g/mol. The third-order valence-corrected chi connectivity index (χ3v) is 4.24. The molecule has 2 heteroatoms. The molecule has 3 aromatic rings. The lowest BCUT2D eigenvalue weighted by molar-refractivity contribution is 0.473. The first-order valence-electron chi connectivity index (χ1n) is 8.00. The van der Waals surface area contributed by atoms with Crippen molar-refractivity contribution in [2.45, 2.75) is 13.3 Å². The van der Waals surface area contributed by atoms with E-state index < -0.39 is 0 Å². The van der Waals surface area contributed by atoms with Gasteiger partial charge in [0.15, 0.2) is 11.5 Å². The van der Waals surface area contributed by atoms with Gasteiger partial charge >= 0.3 is 0 Å². The lowest BCUT2D eigenvalue weighted by atomic mass is 10.1. The number of para-hydroxylation sites is 4. The van der Waals surface area contributed by atoms with Gasteiger partial charge in [0.2, 0.25) is 0 Å². The Morgan fingerprint density at radius 1 is 0.783 bits per heavy atom. The second-order valence-electron chi connectivity index (χ2n) is 5.93. The monoisotopic (exact) mass is 301 g/mol. The average molecular weight is 301 g/mol. The van der Waals surface area contributed by atoms with Crippen LogP contribution in [0.25, 0.3) is 0 Å². The van der Waals surface area contributed by atoms with Crippen LogP contribution in [-0.2, 0) is 6.42 Å². The standard InChI is InChI=1S/C21H19NO/c1-16-7-6-8-17(15-16)13-14-22-18-9-2-4-11-20(18)23-21-12-5-3-10-19(21)22/h2-12,15H,13-14H2,1H3. The highest BCUT2D eigenvalue weighted by molar-refractivity contribution is 5.77. The first kappa shape index (κ1) is 13.9. The van der Waals surface area contributed by atoms with Crippen molar-refractivity contribution in [1.82, 2.24) is 0 Å². The van der Waals surface area contributed by atoms with E-state index in [0.717, 1.165) is 35.8 Å². The number of fused-ring (bicyclic) bond motifs is 2. The molecule has 0 aromatic heterocycles. The molecule has 0 N–H and O–H groups in total. The van der Waals surface area contributed by atoms with Crippen LogP contribution in [0, 0.1) is 6.92 Å². The molecule has 0 saturated heterocycles. The van der Waals surface area contributed by atoms with Gasteiger partial charge in [-0.3, -0.25) is 0 Å². The largest absolute Gasteiger partial charge is 0.453 e. The van der Waals surface area contributed by atoms with Crippen LogP contribution in [-0.4, -0.2) is 6.54 Å². The molecule has 0 spiro atoms. The van der Waals surface area contributed by atoms with Crippen LogP contribution >= 0.6 is 0 Å². The van der Waals surface area contributed by atoms with Gasteiger partial charge in [0.25, 0.3) is 0 Å². The quantitative estimate of drug-likeness (QED) is 0.635. The maximum atomic E-state index is 6.04. The number of ether oxygens (including phenoxy) is 1. The second kappa shape index (κ2) is 5.81. The first-order valence-corrected chi connectivity index (χ1v) is 8.00. The van der Waals surface area contributed by atoms with E-state index in [4.69, 9.17) is 4.74 Å². The number of aryl methyl sites for hydroxylation is 1. The van der Waals surface area contributed by atoms with Gasteiger partial charge in [-0.1, -0.05) is 54.1 Å². The molecule has 0 unspecified atom stereocenters. The summed E-state index contributed by atoms with van der Waals surface area (Å²) >= 11 is 0. The van der Waals surface area contributed by atoms with Crippen LogP contribution in [0.2, 0.25) is 0 Å². The third-order valence-electron chi connectivity index (χ3n) is 4.24. The molecule has 1 heterocycles. The van der Waals surface area contributed by atoms with Crippen molar-refractivity contribution in [2.24, 2.45) is 0 Å². The van der Waals surface area contributed by atoms with Gasteiger partial charge in [0.05, 0.1) is 11.4 Å². The maximum absolute atomic E-state index is 6.04. The zero-order valence-corrected chi connectivity index (χ0v) is 13.2. The van der Waals surface area contributed by atoms with Gasteiger partial charge in [-0.15, -0.1) is 0 Å². The van der Waals surface area contributed by atoms with E-state index in [1.54, 1.807) is 0 Å². The average Bonchev–Trinajstić information content (AvgIpc) is 2.58. The van der Waals surface area contributed by atoms with E-state index in [9.17, 15) is 0 Å². The molecule has 0 atom stereocenters. The molecule has 1 aliphatic heterocycles. The van der Waals surface area contributed by atoms with Crippen molar-refractivity contribution in [3.05, 3.63) is 83.9 Å². The van der Waals surface area contributed by atoms with Crippen molar-refractivity contribution in [2.75, 3.05) is 11.4 Å². The fraction of sp³-hybridized carbons (Fsp3) is 0.143. The molecule has 3 aromatic carbocycles. The lowest BCUT2D eigenvalue weighted by Crippen LogP contribution is -2.23. The summed E-state index contributed by atoms with van der Waals surface area (Å²) in [5.74, 6) is 1.85. The van der Waals surface area contributed by atoms with Crippen molar-refractivity contribution < 1.29 is 4.74 Å². The van der Waals surface area contributed by atoms with E-state index >= 15 is 0 Å². The first-order chi connectivity index (χ1) is 11.3. The number of hydrogen-bond donors (Lipinski definition) is 0. The molecule has 23 heavy (non-hydrogen) atoms. The Morgan fingerprint density at radius 2 is 1.43 bits per heavy atom. The number of nitrogens with zero attached hydrogens (tertiary/aromatic N) is 1. The van der Waals surface area contributed by atoms with E-state index in [2.05, 4.69) is 60.4 Å². The highest BCUT2D eigenvalue weighted by atomic mass is 16.5. The Hall–Kier alpha value is -2.74. The zero-order chi connectivity index (χ0) is 15.6. The molecule has 0 bridgehead atoms. The summed E-state index contributed by atoms with van der Waals surface area (Å²) in [7, 11) is 0. The van der Waals surface area contributed by atoms with E-state index in [1.807, 2.05) is 24.3 Å². The molecule has 0 saturated carbocycles. The highest BCUT2D eigenvalue weighted by Crippen LogP contribution is 2.46. The fourth-order valence-corrected chi connectivity index (χ4v) is 3.13. The zero-order valence-electron chi connectivity index (χ0n) is 13.2. The predicted molar refractivity (Wildman–Crippen MR) is 94.8 cm³/mol. The molecule has 0 aliphatic carbocycles. The minimum absolute atomic E-state index is 0.926. The lowest BCUT2D eigenvalue weighted by Gasteiger charge is -2.32. The molecule has 1 aliphatic rings. The van der Waals surface area contributed by atoms with E-state index in [1.165, 1.54) is 11.1 Å². The summed E-state index contributed by atoms with van der Waals surface area (Å²) < 4.78 is 6.04. The van der Waals surface area contributed by atoms with Crippen LogP contribution in [0.1, 0.15) is 11.1 Å². The topological polar surface area (TPSA) is 12.5 Å². The molecular formula is C21H19NO. The van der Waals surface area contributed by atoms with Crippen LogP contribution in [0.5, 0.6) is 11.5 Å². The van der Waals surface area contributed by atoms with E-state index in [-0.39, 0.29) is 0 Å². The number of anilines is 2. The van der Waals surface area contributed by atoms with Crippen molar-refractivity contribution in [1.29, 1.82) is 0 Å². The Balaban J connectivity index is 1.67. The van der Waals surface area contributed by atoms with Crippen molar-refractivity contribution in [3.8, 4) is 11.5 Å². The maximum Gasteiger partial charge on any atom is 0.151 e. The number of hydrogen-bond acceptors (Lipinski definition) is 2. The minimum Gasteiger partial charge on any atom is -0.453 e. The summed E-state index contributed by atoms with van der Waals surface area (Å²) in [4.78, 5) is 2.36. The van der Waals surface area contributed by atoms with Crippen LogP contribution in [0.15, 0.2) is 72.8 Å². The summed E-state index contributed by atoms with van der Waals surface area (Å²) in [6.07, 6.45) is 1.00. The third kappa shape index (κ3) is 2.68. The molecule has 114 valence electrons. The Morgan fingerprint density at radius 3 is 2.09 bits per heavy atom. The normalized spacial score (nSPS) is 12.3. The Bertz CT molecular complexity index is 795. The van der Waals surface area contributed by atoms with Gasteiger partial charge in [-0.2, -0.15) is 0 Å². The second-order valence-corrected chi connectivity index (χ2v) is 5.93. The SMILES string of the molecule is Cc1cccc(CCN2c3ccccc3Oc3ccccc32)c1. The Kier molecular flexibility index (Phi) is 3.51. The highest BCUT2D eigenvalue weighted by Gasteiger charge is 2.23. The van der Waals surface area contributed by atoms with Crippen LogP contribution in [0.4, 0.5) is 11.4 Å². The van der Waals surface area contributed by atoms with E-state index in [0.29, 0.717) is 0 Å². The summed E-state index contributed by atoms with van der Waals surface area (Å²) in [5.41, 5.74) is 4.95. The molecule has 0 radical (unpaired) electrons. The van der Waals surface area contributed by atoms with Crippen LogP contribution < -0.4 is 9.64 Å². The predicted octanol–water partition coefficient (Wildman–Crippen LogP) is 5.48. The summed E-state index contributed by atoms with van der Waals surface area (Å²) in [6, 6.07) is 25.2. The molecule has 4 rings (SSSR count). The van der Waals surface area contributed by atoms with Gasteiger partial charge in [0.1, 0.15) is 0 Å². The van der Waals surface area contributed by atoms with Crippen molar-refractivity contribution in [3.63, 3.8) is 0 Å². The number of rotatable bonds is 3. The van der Waals surface area contributed by atoms with Gasteiger partial charge in [0, 0.05) is 6.54 Å². The van der Waals surface area contributed by atoms with Gasteiger partial charge < -0.3 is 9.64 Å².